The number of pyridine rings is 1. The molecule has 1 aliphatic rings. The predicted molar refractivity (Wildman–Crippen MR) is 130 cm³/mol. The SMILES string of the molecule is CC.COC(=O)C1CCCN1.COc1ccc(CNc2nccc3n[nH]c(C)c23)c(OC)c1. The van der Waals surface area contributed by atoms with Gasteiger partial charge in [0.1, 0.15) is 23.4 Å². The molecule has 0 spiro atoms. The van der Waals surface area contributed by atoms with Crippen LogP contribution in [0.2, 0.25) is 0 Å². The number of aromatic amines is 1. The first-order valence-corrected chi connectivity index (χ1v) is 11.1. The van der Waals surface area contributed by atoms with Crippen molar-refractivity contribution in [1.29, 1.82) is 0 Å². The Morgan fingerprint density at radius 2 is 1.97 bits per heavy atom. The lowest BCUT2D eigenvalue weighted by Gasteiger charge is -2.12. The average Bonchev–Trinajstić information content (AvgIpc) is 3.54. The molecule has 4 rings (SSSR count). The van der Waals surface area contributed by atoms with Gasteiger partial charge in [-0.15, -0.1) is 0 Å². The van der Waals surface area contributed by atoms with Crippen molar-refractivity contribution in [2.75, 3.05) is 33.2 Å². The highest BCUT2D eigenvalue weighted by Crippen LogP contribution is 2.27. The van der Waals surface area contributed by atoms with Crippen LogP contribution in [-0.2, 0) is 16.1 Å². The predicted octanol–water partition coefficient (Wildman–Crippen LogP) is 3.83. The largest absolute Gasteiger partial charge is 0.497 e. The van der Waals surface area contributed by atoms with Gasteiger partial charge >= 0.3 is 5.97 Å². The Bertz CT molecular complexity index is 1020. The summed E-state index contributed by atoms with van der Waals surface area (Å²) in [7, 11) is 4.71. The highest BCUT2D eigenvalue weighted by Gasteiger charge is 2.21. The molecule has 1 unspecified atom stereocenters. The van der Waals surface area contributed by atoms with Gasteiger partial charge in [0.05, 0.1) is 32.2 Å². The highest BCUT2D eigenvalue weighted by atomic mass is 16.5. The van der Waals surface area contributed by atoms with Gasteiger partial charge in [-0.2, -0.15) is 5.10 Å². The monoisotopic (exact) mass is 457 g/mol. The van der Waals surface area contributed by atoms with Gasteiger partial charge in [-0.05, 0) is 44.5 Å². The molecule has 1 aliphatic heterocycles. The summed E-state index contributed by atoms with van der Waals surface area (Å²) in [6.07, 6.45) is 3.75. The number of aryl methyl sites for hydroxylation is 1. The third-order valence-electron chi connectivity index (χ3n) is 5.13. The van der Waals surface area contributed by atoms with Gasteiger partial charge in [-0.3, -0.25) is 9.89 Å². The lowest BCUT2D eigenvalue weighted by Crippen LogP contribution is -2.31. The summed E-state index contributed by atoms with van der Waals surface area (Å²) < 4.78 is 15.2. The molecule has 1 aromatic carbocycles. The highest BCUT2D eigenvalue weighted by molar-refractivity contribution is 5.91. The molecular formula is C24H35N5O4. The first kappa shape index (κ1) is 25.9. The van der Waals surface area contributed by atoms with Crippen molar-refractivity contribution in [2.24, 2.45) is 0 Å². The van der Waals surface area contributed by atoms with Crippen molar-refractivity contribution in [3.63, 3.8) is 0 Å². The Morgan fingerprint density at radius 3 is 2.61 bits per heavy atom. The minimum absolute atomic E-state index is 0.0324. The molecule has 9 heteroatoms. The summed E-state index contributed by atoms with van der Waals surface area (Å²) in [5.74, 6) is 2.23. The number of hydrogen-bond donors (Lipinski definition) is 3. The molecule has 3 aromatic rings. The van der Waals surface area contributed by atoms with Crippen molar-refractivity contribution in [2.45, 2.75) is 46.2 Å². The maximum Gasteiger partial charge on any atom is 0.322 e. The molecule has 33 heavy (non-hydrogen) atoms. The van der Waals surface area contributed by atoms with E-state index in [4.69, 9.17) is 9.47 Å². The number of carbonyl (C=O) groups excluding carboxylic acids is 1. The van der Waals surface area contributed by atoms with Crippen molar-refractivity contribution in [3.8, 4) is 11.5 Å². The van der Waals surface area contributed by atoms with E-state index in [1.807, 2.05) is 45.0 Å². The molecule has 0 aliphatic carbocycles. The van der Waals surface area contributed by atoms with E-state index in [0.29, 0.717) is 6.54 Å². The fraction of sp³-hybridized carbons (Fsp3) is 0.458. The van der Waals surface area contributed by atoms with Crippen LogP contribution in [0.25, 0.3) is 10.9 Å². The number of aromatic nitrogens is 3. The van der Waals surface area contributed by atoms with E-state index in [1.165, 1.54) is 7.11 Å². The van der Waals surface area contributed by atoms with Crippen molar-refractivity contribution >= 4 is 22.7 Å². The molecule has 0 bridgehead atoms. The maximum absolute atomic E-state index is 10.7. The second-order valence-corrected chi connectivity index (χ2v) is 7.11. The molecule has 0 radical (unpaired) electrons. The smallest absolute Gasteiger partial charge is 0.322 e. The van der Waals surface area contributed by atoms with Gasteiger partial charge < -0.3 is 24.8 Å². The van der Waals surface area contributed by atoms with Crippen LogP contribution in [0.1, 0.15) is 37.9 Å². The molecule has 180 valence electrons. The van der Waals surface area contributed by atoms with Gasteiger partial charge in [0.15, 0.2) is 0 Å². The van der Waals surface area contributed by atoms with Crippen LogP contribution in [0.3, 0.4) is 0 Å². The topological polar surface area (TPSA) is 110 Å². The minimum atomic E-state index is -0.132. The molecule has 1 fully saturated rings. The van der Waals surface area contributed by atoms with Crippen molar-refractivity contribution in [3.05, 3.63) is 41.7 Å². The Morgan fingerprint density at radius 1 is 1.18 bits per heavy atom. The lowest BCUT2D eigenvalue weighted by atomic mass is 10.2. The fourth-order valence-electron chi connectivity index (χ4n) is 3.45. The number of ether oxygens (including phenoxy) is 3. The number of H-pyrrole nitrogens is 1. The molecular weight excluding hydrogens is 422 g/mol. The maximum atomic E-state index is 10.7. The number of nitrogens with one attached hydrogen (secondary N) is 3. The van der Waals surface area contributed by atoms with Gasteiger partial charge in [0.2, 0.25) is 0 Å². The molecule has 0 amide bonds. The third kappa shape index (κ3) is 6.82. The number of benzene rings is 1. The number of carbonyl (C=O) groups is 1. The van der Waals surface area contributed by atoms with E-state index in [-0.39, 0.29) is 12.0 Å². The molecule has 3 heterocycles. The lowest BCUT2D eigenvalue weighted by molar-refractivity contribution is -0.142. The third-order valence-corrected chi connectivity index (χ3v) is 5.13. The molecule has 0 saturated carbocycles. The average molecular weight is 458 g/mol. The number of hydrogen-bond acceptors (Lipinski definition) is 8. The number of nitrogens with zero attached hydrogens (tertiary/aromatic N) is 2. The molecule has 1 saturated heterocycles. The van der Waals surface area contributed by atoms with Crippen LogP contribution < -0.4 is 20.1 Å². The number of methoxy groups -OCH3 is 3. The first-order chi connectivity index (χ1) is 16.1. The van der Waals surface area contributed by atoms with Crippen LogP contribution in [0.15, 0.2) is 30.5 Å². The van der Waals surface area contributed by atoms with E-state index >= 15 is 0 Å². The standard InChI is InChI=1S/C16H18N4O2.C6H11NO2.C2H6/c1-10-15-13(20-19-10)6-7-17-16(15)18-9-11-4-5-12(21-2)8-14(11)22-3;1-9-6(8)5-3-2-4-7-5;1-2/h4-8H,9H2,1-3H3,(H,17,18)(H,19,20);5,7H,2-4H2,1H3;1-2H3. The van der Waals surface area contributed by atoms with E-state index < -0.39 is 0 Å². The molecule has 9 nitrogen and oxygen atoms in total. The number of rotatable bonds is 6. The first-order valence-electron chi connectivity index (χ1n) is 11.1. The van der Waals surface area contributed by atoms with E-state index in [9.17, 15) is 4.79 Å². The molecule has 2 aromatic heterocycles. The zero-order valence-corrected chi connectivity index (χ0v) is 20.3. The van der Waals surface area contributed by atoms with Crippen LogP contribution in [-0.4, -0.2) is 55.1 Å². The summed E-state index contributed by atoms with van der Waals surface area (Å²) in [5, 5.41) is 14.6. The van der Waals surface area contributed by atoms with Gasteiger partial charge in [-0.1, -0.05) is 13.8 Å². The normalized spacial score (nSPS) is 14.4. The second-order valence-electron chi connectivity index (χ2n) is 7.11. The Labute approximate surface area is 195 Å². The zero-order valence-electron chi connectivity index (χ0n) is 20.3. The summed E-state index contributed by atoms with van der Waals surface area (Å²) in [4.78, 5) is 15.1. The number of fused-ring (bicyclic) bond motifs is 1. The molecule has 1 atom stereocenters. The zero-order chi connectivity index (χ0) is 24.2. The van der Waals surface area contributed by atoms with Crippen LogP contribution in [0.5, 0.6) is 11.5 Å². The van der Waals surface area contributed by atoms with Crippen LogP contribution in [0.4, 0.5) is 5.82 Å². The quantitative estimate of drug-likeness (QED) is 0.479. The summed E-state index contributed by atoms with van der Waals surface area (Å²) in [5.41, 5.74) is 2.92. The number of esters is 1. The van der Waals surface area contributed by atoms with E-state index in [0.717, 1.165) is 58.9 Å². The van der Waals surface area contributed by atoms with Gasteiger partial charge in [0.25, 0.3) is 0 Å². The van der Waals surface area contributed by atoms with Crippen LogP contribution >= 0.6 is 0 Å². The molecule has 3 N–H and O–H groups in total. The number of anilines is 1. The second kappa shape index (κ2) is 13.3. The van der Waals surface area contributed by atoms with Crippen molar-refractivity contribution in [1.82, 2.24) is 20.5 Å². The van der Waals surface area contributed by atoms with Crippen LogP contribution in [0, 0.1) is 6.92 Å². The van der Waals surface area contributed by atoms with Gasteiger partial charge in [0, 0.05) is 30.1 Å². The Hall–Kier alpha value is -3.33. The fourth-order valence-corrected chi connectivity index (χ4v) is 3.45. The minimum Gasteiger partial charge on any atom is -0.497 e. The summed E-state index contributed by atoms with van der Waals surface area (Å²) >= 11 is 0. The Balaban J connectivity index is 0.000000293. The summed E-state index contributed by atoms with van der Waals surface area (Å²) in [6, 6.07) is 7.62. The van der Waals surface area contributed by atoms with E-state index in [1.54, 1.807) is 20.4 Å². The Kier molecular flexibility index (Phi) is 10.4. The van der Waals surface area contributed by atoms with Gasteiger partial charge in [-0.25, -0.2) is 4.98 Å². The van der Waals surface area contributed by atoms with E-state index in [2.05, 4.69) is 30.6 Å². The summed E-state index contributed by atoms with van der Waals surface area (Å²) in [6.45, 7) is 7.53. The van der Waals surface area contributed by atoms with Crippen molar-refractivity contribution < 1.29 is 19.0 Å².